The number of rotatable bonds is 2. The molecule has 1 aromatic carbocycles. The highest BCUT2D eigenvalue weighted by molar-refractivity contribution is 5.64. The molecule has 0 spiro atoms. The van der Waals surface area contributed by atoms with Crippen molar-refractivity contribution < 1.29 is 4.79 Å². The third-order valence-corrected chi connectivity index (χ3v) is 2.15. The van der Waals surface area contributed by atoms with Crippen LogP contribution in [-0.2, 0) is 4.79 Å². The van der Waals surface area contributed by atoms with E-state index in [2.05, 4.69) is 4.99 Å². The molecule has 74 valence electrons. The van der Waals surface area contributed by atoms with Crippen molar-refractivity contribution in [1.82, 2.24) is 0 Å². The summed E-state index contributed by atoms with van der Waals surface area (Å²) in [5.41, 5.74) is 3.84. The summed E-state index contributed by atoms with van der Waals surface area (Å²) >= 11 is 0. The van der Waals surface area contributed by atoms with Crippen molar-refractivity contribution in [2.75, 3.05) is 19.0 Å². The van der Waals surface area contributed by atoms with Gasteiger partial charge in [0.25, 0.3) is 0 Å². The number of nitrogens with zero attached hydrogens (tertiary/aromatic N) is 2. The van der Waals surface area contributed by atoms with Gasteiger partial charge < -0.3 is 4.90 Å². The topological polar surface area (TPSA) is 32.7 Å². The summed E-state index contributed by atoms with van der Waals surface area (Å²) in [7, 11) is 3.97. The average molecular weight is 190 g/mol. The highest BCUT2D eigenvalue weighted by Crippen LogP contribution is 2.27. The van der Waals surface area contributed by atoms with Crippen LogP contribution in [0.2, 0.25) is 0 Å². The molecular formula is C11H14N2O. The quantitative estimate of drug-likeness (QED) is 0.529. The molecule has 14 heavy (non-hydrogen) atoms. The van der Waals surface area contributed by atoms with Crippen LogP contribution in [0.4, 0.5) is 11.4 Å². The van der Waals surface area contributed by atoms with Crippen molar-refractivity contribution in [3.05, 3.63) is 23.3 Å². The lowest BCUT2D eigenvalue weighted by atomic mass is 10.1. The van der Waals surface area contributed by atoms with Crippen molar-refractivity contribution in [2.45, 2.75) is 13.8 Å². The van der Waals surface area contributed by atoms with Crippen molar-refractivity contribution in [2.24, 2.45) is 4.99 Å². The van der Waals surface area contributed by atoms with Crippen LogP contribution in [-0.4, -0.2) is 20.2 Å². The summed E-state index contributed by atoms with van der Waals surface area (Å²) in [5.74, 6) is 0. The highest BCUT2D eigenvalue weighted by Gasteiger charge is 2.04. The van der Waals surface area contributed by atoms with E-state index in [0.717, 1.165) is 22.5 Å². The first kappa shape index (κ1) is 10.5. The van der Waals surface area contributed by atoms with Gasteiger partial charge in [0.05, 0.1) is 5.69 Å². The minimum absolute atomic E-state index is 0.727. The Morgan fingerprint density at radius 2 is 1.71 bits per heavy atom. The number of isocyanates is 1. The van der Waals surface area contributed by atoms with Crippen LogP contribution in [0.1, 0.15) is 11.1 Å². The van der Waals surface area contributed by atoms with Gasteiger partial charge in [-0.15, -0.1) is 0 Å². The fraction of sp³-hybridized carbons (Fsp3) is 0.364. The molecule has 0 atom stereocenters. The first-order valence-corrected chi connectivity index (χ1v) is 4.42. The van der Waals surface area contributed by atoms with E-state index >= 15 is 0 Å². The van der Waals surface area contributed by atoms with Crippen molar-refractivity contribution in [1.29, 1.82) is 0 Å². The Morgan fingerprint density at radius 3 is 2.07 bits per heavy atom. The molecule has 0 amide bonds. The molecule has 0 aliphatic heterocycles. The van der Waals surface area contributed by atoms with Gasteiger partial charge in [-0.1, -0.05) is 0 Å². The lowest BCUT2D eigenvalue weighted by Gasteiger charge is -2.15. The first-order valence-electron chi connectivity index (χ1n) is 4.42. The average Bonchev–Trinajstić information content (AvgIpc) is 2.10. The molecule has 0 aliphatic rings. The van der Waals surface area contributed by atoms with Crippen LogP contribution in [0.3, 0.4) is 0 Å². The van der Waals surface area contributed by atoms with Gasteiger partial charge >= 0.3 is 0 Å². The lowest BCUT2D eigenvalue weighted by Crippen LogP contribution is -2.08. The SMILES string of the molecule is Cc1cc(N(C)C)cc(C)c1N=C=O. The first-order chi connectivity index (χ1) is 6.56. The fourth-order valence-electron chi connectivity index (χ4n) is 1.41. The van der Waals surface area contributed by atoms with Gasteiger partial charge in [-0.3, -0.25) is 0 Å². The van der Waals surface area contributed by atoms with Gasteiger partial charge in [-0.2, -0.15) is 4.99 Å². The molecule has 1 aromatic rings. The zero-order valence-electron chi connectivity index (χ0n) is 8.96. The van der Waals surface area contributed by atoms with E-state index in [1.54, 1.807) is 6.08 Å². The van der Waals surface area contributed by atoms with Crippen LogP contribution in [0, 0.1) is 13.8 Å². The zero-order chi connectivity index (χ0) is 10.7. The van der Waals surface area contributed by atoms with Crippen LogP contribution >= 0.6 is 0 Å². The molecule has 0 fully saturated rings. The lowest BCUT2D eigenvalue weighted by molar-refractivity contribution is 0.565. The number of aryl methyl sites for hydroxylation is 2. The van der Waals surface area contributed by atoms with Gasteiger partial charge in [0.15, 0.2) is 0 Å². The second kappa shape index (κ2) is 4.07. The maximum atomic E-state index is 10.2. The molecule has 0 saturated heterocycles. The van der Waals surface area contributed by atoms with Gasteiger partial charge in [-0.05, 0) is 37.1 Å². The van der Waals surface area contributed by atoms with Gasteiger partial charge in [0, 0.05) is 19.8 Å². The molecule has 3 nitrogen and oxygen atoms in total. The fourth-order valence-corrected chi connectivity index (χ4v) is 1.41. The maximum absolute atomic E-state index is 10.2. The molecular weight excluding hydrogens is 176 g/mol. The van der Waals surface area contributed by atoms with Crippen molar-refractivity contribution >= 4 is 17.5 Å². The largest absolute Gasteiger partial charge is 0.378 e. The molecule has 3 heteroatoms. The van der Waals surface area contributed by atoms with Gasteiger partial charge in [0.2, 0.25) is 6.08 Å². The molecule has 0 unspecified atom stereocenters. The summed E-state index contributed by atoms with van der Waals surface area (Å²) in [6.07, 6.45) is 1.58. The second-order valence-electron chi connectivity index (χ2n) is 3.53. The number of carbonyl (C=O) groups excluding carboxylic acids is 1. The molecule has 1 rings (SSSR count). The molecule has 0 radical (unpaired) electrons. The Bertz CT molecular complexity index is 367. The molecule has 0 bridgehead atoms. The summed E-state index contributed by atoms with van der Waals surface area (Å²) in [4.78, 5) is 15.9. The number of anilines is 1. The Hall–Kier alpha value is -1.60. The van der Waals surface area contributed by atoms with E-state index in [-0.39, 0.29) is 0 Å². The van der Waals surface area contributed by atoms with Crippen LogP contribution in [0.5, 0.6) is 0 Å². The summed E-state index contributed by atoms with van der Waals surface area (Å²) in [5, 5.41) is 0. The molecule has 0 N–H and O–H groups in total. The zero-order valence-corrected chi connectivity index (χ0v) is 8.96. The van der Waals surface area contributed by atoms with Crippen molar-refractivity contribution in [3.63, 3.8) is 0 Å². The standard InChI is InChI=1S/C11H14N2O/c1-8-5-10(13(3)4)6-9(2)11(8)12-7-14/h5-6H,1-4H3. The predicted octanol–water partition coefficient (Wildman–Crippen LogP) is 2.34. The van der Waals surface area contributed by atoms with E-state index in [0.29, 0.717) is 0 Å². The molecule has 0 saturated carbocycles. The smallest absolute Gasteiger partial charge is 0.240 e. The van der Waals surface area contributed by atoms with Crippen LogP contribution < -0.4 is 4.90 Å². The summed E-state index contributed by atoms with van der Waals surface area (Å²) in [6, 6.07) is 4.01. The normalized spacial score (nSPS) is 9.43. The monoisotopic (exact) mass is 190 g/mol. The van der Waals surface area contributed by atoms with E-state index in [9.17, 15) is 4.79 Å². The number of benzene rings is 1. The Labute approximate surface area is 84.1 Å². The highest BCUT2D eigenvalue weighted by atomic mass is 16.1. The molecule has 0 aliphatic carbocycles. The number of aliphatic imine (C=N–C) groups is 1. The molecule has 0 heterocycles. The molecule has 0 aromatic heterocycles. The second-order valence-corrected chi connectivity index (χ2v) is 3.53. The predicted molar refractivity (Wildman–Crippen MR) is 58.0 cm³/mol. The Kier molecular flexibility index (Phi) is 3.05. The maximum Gasteiger partial charge on any atom is 0.240 e. The van der Waals surface area contributed by atoms with E-state index in [1.165, 1.54) is 0 Å². The van der Waals surface area contributed by atoms with Crippen LogP contribution in [0.25, 0.3) is 0 Å². The van der Waals surface area contributed by atoms with Crippen LogP contribution in [0.15, 0.2) is 17.1 Å². The van der Waals surface area contributed by atoms with E-state index in [4.69, 9.17) is 0 Å². The number of hydrogen-bond donors (Lipinski definition) is 0. The van der Waals surface area contributed by atoms with Crippen molar-refractivity contribution in [3.8, 4) is 0 Å². The van der Waals surface area contributed by atoms with Gasteiger partial charge in [-0.25, -0.2) is 4.79 Å². The third-order valence-electron chi connectivity index (χ3n) is 2.15. The van der Waals surface area contributed by atoms with E-state index < -0.39 is 0 Å². The number of hydrogen-bond acceptors (Lipinski definition) is 3. The third kappa shape index (κ3) is 2.01. The Morgan fingerprint density at radius 1 is 1.21 bits per heavy atom. The minimum Gasteiger partial charge on any atom is -0.378 e. The Balaban J connectivity index is 3.31. The summed E-state index contributed by atoms with van der Waals surface area (Å²) in [6.45, 7) is 3.88. The summed E-state index contributed by atoms with van der Waals surface area (Å²) < 4.78 is 0. The van der Waals surface area contributed by atoms with E-state index in [1.807, 2.05) is 45.0 Å². The van der Waals surface area contributed by atoms with Gasteiger partial charge in [0.1, 0.15) is 0 Å². The minimum atomic E-state index is 0.727.